The summed E-state index contributed by atoms with van der Waals surface area (Å²) in [6, 6.07) is 19.0. The zero-order valence-electron chi connectivity index (χ0n) is 11.7. The Hall–Kier alpha value is -3.01. The van der Waals surface area contributed by atoms with Gasteiger partial charge < -0.3 is 14.5 Å². The lowest BCUT2D eigenvalue weighted by Gasteiger charge is -2.06. The minimum Gasteiger partial charge on any atom is -0.454 e. The molecule has 0 amide bonds. The zero-order valence-corrected chi connectivity index (χ0v) is 11.7. The Labute approximate surface area is 127 Å². The first-order chi connectivity index (χ1) is 10.8. The quantitative estimate of drug-likeness (QED) is 0.787. The Bertz CT molecular complexity index is 884. The van der Waals surface area contributed by atoms with Crippen LogP contribution in [-0.2, 0) is 0 Å². The van der Waals surface area contributed by atoms with Gasteiger partial charge in [0.2, 0.25) is 12.4 Å². The molecule has 1 N–H and O–H groups in total. The van der Waals surface area contributed by atoms with Crippen LogP contribution in [0.15, 0.2) is 65.5 Å². The van der Waals surface area contributed by atoms with E-state index < -0.39 is 0 Å². The predicted octanol–water partition coefficient (Wildman–Crippen LogP) is 3.44. The first-order valence-corrected chi connectivity index (χ1v) is 6.99. The fourth-order valence-corrected chi connectivity index (χ4v) is 2.56. The molecule has 4 rings (SSSR count). The number of rotatable bonds is 2. The second-order valence-electron chi connectivity index (χ2n) is 5.08. The summed E-state index contributed by atoms with van der Waals surface area (Å²) in [5, 5.41) is 0. The lowest BCUT2D eigenvalue weighted by molar-refractivity contribution is 0.174. The lowest BCUT2D eigenvalue weighted by atomic mass is 10.0. The van der Waals surface area contributed by atoms with Gasteiger partial charge in [0, 0.05) is 11.8 Å². The third-order valence-corrected chi connectivity index (χ3v) is 3.64. The maximum Gasteiger partial charge on any atom is 0.249 e. The summed E-state index contributed by atoms with van der Waals surface area (Å²) in [5.41, 5.74) is 3.41. The Morgan fingerprint density at radius 2 is 1.59 bits per heavy atom. The molecule has 0 radical (unpaired) electrons. The largest absolute Gasteiger partial charge is 0.454 e. The number of nitrogens with one attached hydrogen (secondary N) is 1. The molecule has 22 heavy (non-hydrogen) atoms. The number of aromatic nitrogens is 1. The van der Waals surface area contributed by atoms with Crippen LogP contribution in [0.4, 0.5) is 0 Å². The van der Waals surface area contributed by atoms with Crippen LogP contribution in [0.2, 0.25) is 0 Å². The molecule has 1 aliphatic rings. The number of aromatic amines is 1. The second kappa shape index (κ2) is 5.07. The molecule has 1 aromatic heterocycles. The zero-order chi connectivity index (χ0) is 14.9. The van der Waals surface area contributed by atoms with E-state index in [1.165, 1.54) is 0 Å². The number of fused-ring (bicyclic) bond motifs is 1. The van der Waals surface area contributed by atoms with E-state index in [0.717, 1.165) is 28.1 Å². The number of pyridine rings is 1. The molecule has 0 fully saturated rings. The average molecular weight is 291 g/mol. The Balaban J connectivity index is 1.83. The van der Waals surface area contributed by atoms with Gasteiger partial charge in [-0.05, 0) is 34.9 Å². The fraction of sp³-hybridized carbons (Fsp3) is 0.0556. The number of benzene rings is 2. The maximum absolute atomic E-state index is 12.0. The van der Waals surface area contributed by atoms with E-state index in [1.54, 1.807) is 6.07 Å². The highest BCUT2D eigenvalue weighted by Gasteiger charge is 2.14. The van der Waals surface area contributed by atoms with Crippen molar-refractivity contribution in [2.24, 2.45) is 0 Å². The van der Waals surface area contributed by atoms with Crippen LogP contribution in [-0.4, -0.2) is 11.8 Å². The van der Waals surface area contributed by atoms with Crippen LogP contribution >= 0.6 is 0 Å². The lowest BCUT2D eigenvalue weighted by Crippen LogP contribution is -2.05. The standard InChI is InChI=1S/C18H13NO3/c20-18-10-14(8-15(19-18)12-4-2-1-3-5-12)13-6-7-16-17(9-13)22-11-21-16/h1-10H,11H2,(H,19,20). The third kappa shape index (κ3) is 2.24. The first kappa shape index (κ1) is 12.7. The van der Waals surface area contributed by atoms with Crippen molar-refractivity contribution in [3.63, 3.8) is 0 Å². The van der Waals surface area contributed by atoms with Crippen molar-refractivity contribution in [2.45, 2.75) is 0 Å². The van der Waals surface area contributed by atoms with Gasteiger partial charge >= 0.3 is 0 Å². The van der Waals surface area contributed by atoms with Crippen LogP contribution in [0, 0.1) is 0 Å². The van der Waals surface area contributed by atoms with Crippen molar-refractivity contribution in [3.05, 3.63) is 71.0 Å². The molecule has 0 bridgehead atoms. The van der Waals surface area contributed by atoms with E-state index in [2.05, 4.69) is 4.98 Å². The highest BCUT2D eigenvalue weighted by molar-refractivity contribution is 5.72. The Morgan fingerprint density at radius 1 is 0.773 bits per heavy atom. The van der Waals surface area contributed by atoms with Gasteiger partial charge in [0.05, 0.1) is 0 Å². The van der Waals surface area contributed by atoms with Gasteiger partial charge in [-0.3, -0.25) is 4.79 Å². The number of hydrogen-bond acceptors (Lipinski definition) is 3. The fourth-order valence-electron chi connectivity index (χ4n) is 2.56. The van der Waals surface area contributed by atoms with Crippen molar-refractivity contribution < 1.29 is 9.47 Å². The van der Waals surface area contributed by atoms with Gasteiger partial charge in [-0.25, -0.2) is 0 Å². The molecule has 4 nitrogen and oxygen atoms in total. The molecule has 0 saturated heterocycles. The van der Waals surface area contributed by atoms with Crippen LogP contribution in [0.5, 0.6) is 11.5 Å². The van der Waals surface area contributed by atoms with E-state index in [1.807, 2.05) is 54.6 Å². The first-order valence-electron chi connectivity index (χ1n) is 6.99. The molecule has 2 aromatic carbocycles. The molecule has 4 heteroatoms. The molecule has 2 heterocycles. The monoisotopic (exact) mass is 291 g/mol. The summed E-state index contributed by atoms with van der Waals surface area (Å²) < 4.78 is 10.7. The SMILES string of the molecule is O=c1cc(-c2ccc3c(c2)OCO3)cc(-c2ccccc2)[nH]1. The molecule has 0 spiro atoms. The molecular weight excluding hydrogens is 278 g/mol. The van der Waals surface area contributed by atoms with Crippen LogP contribution in [0.3, 0.4) is 0 Å². The normalized spacial score (nSPS) is 12.4. The van der Waals surface area contributed by atoms with Crippen LogP contribution in [0.1, 0.15) is 0 Å². The predicted molar refractivity (Wildman–Crippen MR) is 84.1 cm³/mol. The van der Waals surface area contributed by atoms with Crippen molar-refractivity contribution in [1.29, 1.82) is 0 Å². The van der Waals surface area contributed by atoms with Gasteiger partial charge in [0.15, 0.2) is 11.5 Å². The van der Waals surface area contributed by atoms with Gasteiger partial charge in [-0.2, -0.15) is 0 Å². The summed E-state index contributed by atoms with van der Waals surface area (Å²) in [4.78, 5) is 14.9. The molecule has 0 saturated carbocycles. The summed E-state index contributed by atoms with van der Waals surface area (Å²) in [7, 11) is 0. The molecule has 108 valence electrons. The molecule has 0 unspecified atom stereocenters. The van der Waals surface area contributed by atoms with E-state index in [-0.39, 0.29) is 12.4 Å². The smallest absolute Gasteiger partial charge is 0.249 e. The van der Waals surface area contributed by atoms with Gasteiger partial charge in [-0.15, -0.1) is 0 Å². The molecule has 1 aliphatic heterocycles. The summed E-state index contributed by atoms with van der Waals surface area (Å²) >= 11 is 0. The van der Waals surface area contributed by atoms with Crippen molar-refractivity contribution in [2.75, 3.05) is 6.79 Å². The van der Waals surface area contributed by atoms with Crippen molar-refractivity contribution in [1.82, 2.24) is 4.98 Å². The third-order valence-electron chi connectivity index (χ3n) is 3.64. The van der Waals surface area contributed by atoms with Crippen molar-refractivity contribution in [3.8, 4) is 33.9 Å². The Kier molecular flexibility index (Phi) is 2.93. The van der Waals surface area contributed by atoms with Crippen LogP contribution < -0.4 is 15.0 Å². The number of ether oxygens (including phenoxy) is 2. The van der Waals surface area contributed by atoms with Gasteiger partial charge in [0.25, 0.3) is 0 Å². The minimum absolute atomic E-state index is 0.131. The van der Waals surface area contributed by atoms with E-state index in [0.29, 0.717) is 5.75 Å². The van der Waals surface area contributed by atoms with Gasteiger partial charge in [-0.1, -0.05) is 36.4 Å². The average Bonchev–Trinajstić information content (AvgIpc) is 3.02. The maximum atomic E-state index is 12.0. The molecule has 3 aromatic rings. The topological polar surface area (TPSA) is 51.3 Å². The second-order valence-corrected chi connectivity index (χ2v) is 5.08. The molecular formula is C18H13NO3. The number of hydrogen-bond donors (Lipinski definition) is 1. The summed E-state index contributed by atoms with van der Waals surface area (Å²) in [5.74, 6) is 1.44. The summed E-state index contributed by atoms with van der Waals surface area (Å²) in [6.07, 6.45) is 0. The minimum atomic E-state index is -0.131. The Morgan fingerprint density at radius 3 is 2.45 bits per heavy atom. The van der Waals surface area contributed by atoms with Gasteiger partial charge in [0.1, 0.15) is 0 Å². The van der Waals surface area contributed by atoms with Crippen LogP contribution in [0.25, 0.3) is 22.4 Å². The summed E-state index contributed by atoms with van der Waals surface area (Å²) in [6.45, 7) is 0.240. The molecule has 0 aliphatic carbocycles. The number of H-pyrrole nitrogens is 1. The van der Waals surface area contributed by atoms with E-state index >= 15 is 0 Å². The van der Waals surface area contributed by atoms with Crippen molar-refractivity contribution >= 4 is 0 Å². The highest BCUT2D eigenvalue weighted by Crippen LogP contribution is 2.36. The highest BCUT2D eigenvalue weighted by atomic mass is 16.7. The molecule has 0 atom stereocenters. The van der Waals surface area contributed by atoms with E-state index in [9.17, 15) is 4.79 Å². The van der Waals surface area contributed by atoms with E-state index in [4.69, 9.17) is 9.47 Å².